The van der Waals surface area contributed by atoms with Crippen molar-refractivity contribution in [2.75, 3.05) is 0 Å². The second-order valence-electron chi connectivity index (χ2n) is 10.3. The maximum absolute atomic E-state index is 4.94. The SMILES string of the molecule is c1ccc(-n2/c(=N/c3cccc(-c4cccc(/N=c5\[nH]c6ccccc6n5-c5ccccc5)n4)n3)[nH]c3ccccc32)cc1. The number of nitrogens with one attached hydrogen (secondary N) is 2. The first-order valence-corrected chi connectivity index (χ1v) is 14.3. The smallest absolute Gasteiger partial charge is 0.214 e. The molecule has 44 heavy (non-hydrogen) atoms. The molecule has 210 valence electrons. The third kappa shape index (κ3) is 4.70. The predicted octanol–water partition coefficient (Wildman–Crippen LogP) is 7.15. The van der Waals surface area contributed by atoms with Gasteiger partial charge in [0.15, 0.2) is 11.6 Å². The predicted molar refractivity (Wildman–Crippen MR) is 173 cm³/mol. The van der Waals surface area contributed by atoms with Gasteiger partial charge in [0.1, 0.15) is 0 Å². The highest BCUT2D eigenvalue weighted by Crippen LogP contribution is 2.22. The fourth-order valence-electron chi connectivity index (χ4n) is 5.44. The van der Waals surface area contributed by atoms with Crippen molar-refractivity contribution in [1.82, 2.24) is 29.1 Å². The Labute approximate surface area is 252 Å². The van der Waals surface area contributed by atoms with E-state index in [2.05, 4.69) is 55.5 Å². The van der Waals surface area contributed by atoms with Gasteiger partial charge in [-0.1, -0.05) is 72.8 Å². The van der Waals surface area contributed by atoms with Gasteiger partial charge < -0.3 is 9.97 Å². The maximum Gasteiger partial charge on any atom is 0.214 e. The molecule has 0 spiro atoms. The van der Waals surface area contributed by atoms with E-state index >= 15 is 0 Å². The van der Waals surface area contributed by atoms with E-state index in [1.165, 1.54) is 0 Å². The number of aromatic amines is 2. The highest BCUT2D eigenvalue weighted by Gasteiger charge is 2.10. The summed E-state index contributed by atoms with van der Waals surface area (Å²) in [5.74, 6) is 1.14. The van der Waals surface area contributed by atoms with E-state index in [1.54, 1.807) is 0 Å². The van der Waals surface area contributed by atoms with Crippen LogP contribution in [0.3, 0.4) is 0 Å². The molecule has 8 nitrogen and oxygen atoms in total. The van der Waals surface area contributed by atoms with Gasteiger partial charge in [0.2, 0.25) is 11.2 Å². The summed E-state index contributed by atoms with van der Waals surface area (Å²) in [6.07, 6.45) is 0. The molecule has 0 saturated carbocycles. The van der Waals surface area contributed by atoms with Crippen LogP contribution in [0.25, 0.3) is 44.8 Å². The minimum absolute atomic E-state index is 0.570. The molecule has 4 heterocycles. The maximum atomic E-state index is 4.94. The normalized spacial score (nSPS) is 12.4. The molecule has 0 aliphatic rings. The summed E-state index contributed by atoms with van der Waals surface area (Å²) in [4.78, 5) is 26.5. The number of rotatable bonds is 5. The van der Waals surface area contributed by atoms with E-state index < -0.39 is 0 Å². The van der Waals surface area contributed by atoms with Gasteiger partial charge in [-0.05, 0) is 72.8 Å². The molecule has 0 bridgehead atoms. The first-order valence-electron chi connectivity index (χ1n) is 14.3. The number of imidazole rings is 2. The lowest BCUT2D eigenvalue weighted by Crippen LogP contribution is -2.16. The highest BCUT2D eigenvalue weighted by molar-refractivity contribution is 5.78. The van der Waals surface area contributed by atoms with Crippen LogP contribution in [-0.2, 0) is 0 Å². The molecule has 0 aliphatic heterocycles. The van der Waals surface area contributed by atoms with Crippen molar-refractivity contribution < 1.29 is 0 Å². The third-order valence-electron chi connectivity index (χ3n) is 7.41. The van der Waals surface area contributed by atoms with E-state index in [9.17, 15) is 0 Å². The Bertz CT molecular complexity index is 2220. The molecule has 0 atom stereocenters. The lowest BCUT2D eigenvalue weighted by molar-refractivity contribution is 0.952. The molecule has 8 aromatic rings. The number of hydrogen-bond acceptors (Lipinski definition) is 4. The fraction of sp³-hybridized carbons (Fsp3) is 0. The number of pyridine rings is 2. The second kappa shape index (κ2) is 10.8. The van der Waals surface area contributed by atoms with Gasteiger partial charge in [0.05, 0.1) is 33.5 Å². The zero-order valence-electron chi connectivity index (χ0n) is 23.5. The van der Waals surface area contributed by atoms with Crippen LogP contribution >= 0.6 is 0 Å². The standard InChI is InChI=1S/C36H26N8/c1-3-13-25(14-4-1)43-31-21-9-7-17-29(31)39-35(43)41-33-23-11-19-27(37-33)28-20-12-24-34(38-28)42-36-40-30-18-8-10-22-32(30)44(36)26-15-5-2-6-16-26/h1-24H,(H,37,39,41)(H,38,40,42). The molecule has 0 amide bonds. The van der Waals surface area contributed by atoms with E-state index in [0.29, 0.717) is 34.3 Å². The Morgan fingerprint density at radius 1 is 0.409 bits per heavy atom. The fourth-order valence-corrected chi connectivity index (χ4v) is 5.44. The van der Waals surface area contributed by atoms with Crippen LogP contribution in [-0.4, -0.2) is 29.1 Å². The quantitative estimate of drug-likeness (QED) is 0.230. The monoisotopic (exact) mass is 570 g/mol. The molecule has 0 aliphatic carbocycles. The van der Waals surface area contributed by atoms with Crippen molar-refractivity contribution in [2.45, 2.75) is 0 Å². The summed E-state index contributed by atoms with van der Waals surface area (Å²) in [5, 5.41) is 0. The zero-order valence-corrected chi connectivity index (χ0v) is 23.5. The van der Waals surface area contributed by atoms with Crippen molar-refractivity contribution in [3.63, 3.8) is 0 Å². The Morgan fingerprint density at radius 3 is 1.27 bits per heavy atom. The molecule has 0 unspecified atom stereocenters. The second-order valence-corrected chi connectivity index (χ2v) is 10.3. The Kier molecular flexibility index (Phi) is 6.27. The third-order valence-corrected chi connectivity index (χ3v) is 7.41. The largest absolute Gasteiger partial charge is 0.323 e. The molecular weight excluding hydrogens is 544 g/mol. The Hall–Kier alpha value is -6.28. The van der Waals surface area contributed by atoms with Crippen LogP contribution in [0.1, 0.15) is 0 Å². The summed E-state index contributed by atoms with van der Waals surface area (Å²) in [5.41, 5.74) is 8.87. The van der Waals surface area contributed by atoms with Crippen LogP contribution in [0.5, 0.6) is 0 Å². The number of hydrogen-bond donors (Lipinski definition) is 2. The summed E-state index contributed by atoms with van der Waals surface area (Å²) >= 11 is 0. The molecule has 0 fully saturated rings. The minimum Gasteiger partial charge on any atom is -0.323 e. The van der Waals surface area contributed by atoms with Gasteiger partial charge in [-0.25, -0.2) is 9.97 Å². The first kappa shape index (κ1) is 25.4. The zero-order chi connectivity index (χ0) is 29.3. The Balaban J connectivity index is 1.22. The van der Waals surface area contributed by atoms with E-state index in [0.717, 1.165) is 33.4 Å². The van der Waals surface area contributed by atoms with E-state index in [4.69, 9.17) is 20.0 Å². The number of para-hydroxylation sites is 6. The van der Waals surface area contributed by atoms with Crippen molar-refractivity contribution in [1.29, 1.82) is 0 Å². The van der Waals surface area contributed by atoms with Crippen molar-refractivity contribution in [3.05, 3.63) is 157 Å². The minimum atomic E-state index is 0.570. The van der Waals surface area contributed by atoms with Crippen LogP contribution in [0.15, 0.2) is 156 Å². The number of benzene rings is 4. The van der Waals surface area contributed by atoms with Crippen molar-refractivity contribution in [3.8, 4) is 22.8 Å². The summed E-state index contributed by atoms with van der Waals surface area (Å²) < 4.78 is 4.20. The average molecular weight is 571 g/mol. The molecule has 8 heteroatoms. The lowest BCUT2D eigenvalue weighted by Gasteiger charge is -2.05. The number of nitrogens with zero attached hydrogens (tertiary/aromatic N) is 6. The Morgan fingerprint density at radius 2 is 0.818 bits per heavy atom. The van der Waals surface area contributed by atoms with Crippen LogP contribution in [0.2, 0.25) is 0 Å². The number of H-pyrrole nitrogens is 2. The van der Waals surface area contributed by atoms with Crippen LogP contribution < -0.4 is 11.2 Å². The average Bonchev–Trinajstić information content (AvgIpc) is 3.63. The molecule has 4 aromatic heterocycles. The summed E-state index contributed by atoms with van der Waals surface area (Å²) in [6.45, 7) is 0. The van der Waals surface area contributed by atoms with Gasteiger partial charge in [-0.2, -0.15) is 9.98 Å². The molecule has 8 rings (SSSR count). The van der Waals surface area contributed by atoms with Gasteiger partial charge in [0, 0.05) is 11.4 Å². The molecular formula is C36H26N8. The van der Waals surface area contributed by atoms with Crippen LogP contribution in [0, 0.1) is 0 Å². The van der Waals surface area contributed by atoms with Gasteiger partial charge >= 0.3 is 0 Å². The van der Waals surface area contributed by atoms with Gasteiger partial charge in [-0.3, -0.25) is 9.13 Å². The van der Waals surface area contributed by atoms with Crippen molar-refractivity contribution >= 4 is 33.7 Å². The van der Waals surface area contributed by atoms with Crippen LogP contribution in [0.4, 0.5) is 11.6 Å². The highest BCUT2D eigenvalue weighted by atomic mass is 15.2. The molecule has 0 saturated heterocycles. The van der Waals surface area contributed by atoms with Gasteiger partial charge in [-0.15, -0.1) is 0 Å². The first-order chi connectivity index (χ1) is 21.8. The number of aromatic nitrogens is 6. The number of fused-ring (bicyclic) bond motifs is 2. The summed E-state index contributed by atoms with van der Waals surface area (Å²) in [6, 6.07) is 48.3. The van der Waals surface area contributed by atoms with Gasteiger partial charge in [0.25, 0.3) is 0 Å². The van der Waals surface area contributed by atoms with E-state index in [-0.39, 0.29) is 0 Å². The lowest BCUT2D eigenvalue weighted by atomic mass is 10.2. The summed E-state index contributed by atoms with van der Waals surface area (Å²) in [7, 11) is 0. The van der Waals surface area contributed by atoms with E-state index in [1.807, 2.05) is 109 Å². The molecule has 2 N–H and O–H groups in total. The molecule has 4 aromatic carbocycles. The van der Waals surface area contributed by atoms with Crippen molar-refractivity contribution in [2.24, 2.45) is 9.98 Å². The topological polar surface area (TPSA) is 91.9 Å². The molecule has 0 radical (unpaired) electrons.